The summed E-state index contributed by atoms with van der Waals surface area (Å²) in [6, 6.07) is 5.22. The van der Waals surface area contributed by atoms with Gasteiger partial charge in [-0.3, -0.25) is 10.1 Å². The molecule has 1 N–H and O–H groups in total. The number of rotatable bonds is 3. The molecule has 4 nitrogen and oxygen atoms in total. The zero-order valence-corrected chi connectivity index (χ0v) is 10.00. The fraction of sp³-hybridized carbons (Fsp3) is 0.273. The van der Waals surface area contributed by atoms with E-state index in [2.05, 4.69) is 5.32 Å². The predicted octanol–water partition coefficient (Wildman–Crippen LogP) is 1.73. The van der Waals surface area contributed by atoms with Gasteiger partial charge in [-0.05, 0) is 17.7 Å². The smallest absolute Gasteiger partial charge is 0.323 e. The van der Waals surface area contributed by atoms with E-state index in [-0.39, 0.29) is 18.2 Å². The Balaban J connectivity index is 2.54. The molecule has 0 atom stereocenters. The number of benzene rings is 1. The number of carbonyl (C=O) groups is 2. The molecule has 0 saturated carbocycles. The number of halogens is 2. The summed E-state index contributed by atoms with van der Waals surface area (Å²) in [4.78, 5) is 23.6. The van der Waals surface area contributed by atoms with Crippen molar-refractivity contribution in [1.29, 1.82) is 0 Å². The third-order valence-corrected chi connectivity index (χ3v) is 2.29. The molecule has 17 heavy (non-hydrogen) atoms. The van der Waals surface area contributed by atoms with E-state index in [4.69, 9.17) is 11.6 Å². The summed E-state index contributed by atoms with van der Waals surface area (Å²) in [7, 11) is 1.53. The molecule has 0 aliphatic heterocycles. The van der Waals surface area contributed by atoms with Crippen LogP contribution in [0.15, 0.2) is 24.3 Å². The van der Waals surface area contributed by atoms with E-state index in [1.165, 1.54) is 24.1 Å². The lowest BCUT2D eigenvalue weighted by molar-refractivity contribution is -0.117. The number of nitrogens with zero attached hydrogens (tertiary/aromatic N) is 1. The van der Waals surface area contributed by atoms with Crippen molar-refractivity contribution in [3.8, 4) is 0 Å². The van der Waals surface area contributed by atoms with Gasteiger partial charge in [0.05, 0.1) is 0 Å². The number of nitrogens with one attached hydrogen (secondary N) is 1. The molecule has 1 rings (SSSR count). The number of urea groups is 1. The van der Waals surface area contributed by atoms with Crippen molar-refractivity contribution in [3.05, 3.63) is 35.6 Å². The Labute approximate surface area is 103 Å². The Kier molecular flexibility index (Phi) is 4.90. The van der Waals surface area contributed by atoms with E-state index >= 15 is 0 Å². The topological polar surface area (TPSA) is 49.4 Å². The second kappa shape index (κ2) is 6.20. The van der Waals surface area contributed by atoms with Crippen LogP contribution >= 0.6 is 11.6 Å². The Bertz CT molecular complexity index is 408. The molecule has 0 spiro atoms. The summed E-state index contributed by atoms with van der Waals surface area (Å²) < 4.78 is 12.6. The number of imide groups is 1. The van der Waals surface area contributed by atoms with Crippen molar-refractivity contribution < 1.29 is 14.0 Å². The summed E-state index contributed by atoms with van der Waals surface area (Å²) >= 11 is 5.25. The molecular formula is C11H12ClFN2O2. The van der Waals surface area contributed by atoms with Crippen LogP contribution in [0.5, 0.6) is 0 Å². The van der Waals surface area contributed by atoms with E-state index in [0.29, 0.717) is 0 Å². The molecule has 92 valence electrons. The maximum absolute atomic E-state index is 12.6. The highest BCUT2D eigenvalue weighted by molar-refractivity contribution is 6.28. The summed E-state index contributed by atoms with van der Waals surface area (Å²) in [5.41, 5.74) is 0.766. The van der Waals surface area contributed by atoms with Gasteiger partial charge in [0.15, 0.2) is 0 Å². The fourth-order valence-electron chi connectivity index (χ4n) is 1.18. The van der Waals surface area contributed by atoms with Crippen molar-refractivity contribution in [2.75, 3.05) is 12.9 Å². The van der Waals surface area contributed by atoms with Gasteiger partial charge in [0.25, 0.3) is 0 Å². The van der Waals surface area contributed by atoms with Crippen LogP contribution in [0.2, 0.25) is 0 Å². The SMILES string of the molecule is CN(Cc1ccc(F)cc1)C(=O)NC(=O)CCl. The molecule has 6 heteroatoms. The predicted molar refractivity (Wildman–Crippen MR) is 62.1 cm³/mol. The Hall–Kier alpha value is -1.62. The maximum Gasteiger partial charge on any atom is 0.324 e. The van der Waals surface area contributed by atoms with Crippen molar-refractivity contribution in [1.82, 2.24) is 10.2 Å². The Morgan fingerprint density at radius 1 is 1.35 bits per heavy atom. The summed E-state index contributed by atoms with van der Waals surface area (Å²) in [5, 5.41) is 2.10. The molecule has 1 aromatic carbocycles. The fourth-order valence-corrected chi connectivity index (χ4v) is 1.25. The maximum atomic E-state index is 12.6. The van der Waals surface area contributed by atoms with Gasteiger partial charge >= 0.3 is 6.03 Å². The molecule has 0 saturated heterocycles. The molecule has 0 aliphatic rings. The highest BCUT2D eigenvalue weighted by Gasteiger charge is 2.11. The molecule has 0 radical (unpaired) electrons. The van der Waals surface area contributed by atoms with E-state index < -0.39 is 11.9 Å². The molecular weight excluding hydrogens is 247 g/mol. The monoisotopic (exact) mass is 258 g/mol. The molecule has 1 aromatic rings. The molecule has 0 fully saturated rings. The standard InChI is InChI=1S/C11H12ClFN2O2/c1-15(11(17)14-10(16)6-12)7-8-2-4-9(13)5-3-8/h2-5H,6-7H2,1H3,(H,14,16,17). The van der Waals surface area contributed by atoms with Crippen molar-refractivity contribution in [3.63, 3.8) is 0 Å². The van der Waals surface area contributed by atoms with Gasteiger partial charge in [-0.25, -0.2) is 9.18 Å². The van der Waals surface area contributed by atoms with E-state index in [0.717, 1.165) is 5.56 Å². The molecule has 0 aliphatic carbocycles. The van der Waals surface area contributed by atoms with E-state index in [1.54, 1.807) is 12.1 Å². The minimum Gasteiger partial charge on any atom is -0.323 e. The van der Waals surface area contributed by atoms with Gasteiger partial charge in [-0.1, -0.05) is 12.1 Å². The van der Waals surface area contributed by atoms with Crippen molar-refractivity contribution in [2.24, 2.45) is 0 Å². The van der Waals surface area contributed by atoms with Crippen molar-refractivity contribution in [2.45, 2.75) is 6.54 Å². The minimum absolute atomic E-state index is 0.268. The van der Waals surface area contributed by atoms with E-state index in [9.17, 15) is 14.0 Å². The average Bonchev–Trinajstić information content (AvgIpc) is 2.31. The first-order valence-corrected chi connectivity index (χ1v) is 5.41. The third-order valence-electron chi connectivity index (χ3n) is 2.05. The highest BCUT2D eigenvalue weighted by Crippen LogP contribution is 2.05. The zero-order chi connectivity index (χ0) is 12.8. The van der Waals surface area contributed by atoms with E-state index in [1.807, 2.05) is 0 Å². The van der Waals surface area contributed by atoms with Crippen LogP contribution in [-0.4, -0.2) is 29.8 Å². The molecule has 0 aromatic heterocycles. The second-order valence-electron chi connectivity index (χ2n) is 3.47. The lowest BCUT2D eigenvalue weighted by atomic mass is 10.2. The van der Waals surface area contributed by atoms with Crippen LogP contribution in [0.3, 0.4) is 0 Å². The van der Waals surface area contributed by atoms with Gasteiger partial charge in [-0.2, -0.15) is 0 Å². The van der Waals surface area contributed by atoms with Crippen LogP contribution in [-0.2, 0) is 11.3 Å². The second-order valence-corrected chi connectivity index (χ2v) is 3.74. The van der Waals surface area contributed by atoms with Gasteiger partial charge in [0, 0.05) is 13.6 Å². The number of hydrogen-bond acceptors (Lipinski definition) is 2. The van der Waals surface area contributed by atoms with Crippen LogP contribution < -0.4 is 5.32 Å². The van der Waals surface area contributed by atoms with Crippen LogP contribution in [0.4, 0.5) is 9.18 Å². The lowest BCUT2D eigenvalue weighted by Crippen LogP contribution is -2.40. The van der Waals surface area contributed by atoms with Crippen LogP contribution in [0.25, 0.3) is 0 Å². The number of alkyl halides is 1. The number of hydrogen-bond donors (Lipinski definition) is 1. The number of carbonyl (C=O) groups excluding carboxylic acids is 2. The van der Waals surface area contributed by atoms with Gasteiger partial charge in [0.2, 0.25) is 5.91 Å². The number of amides is 3. The normalized spacial score (nSPS) is 9.82. The third kappa shape index (κ3) is 4.40. The zero-order valence-electron chi connectivity index (χ0n) is 9.24. The largest absolute Gasteiger partial charge is 0.324 e. The molecule has 3 amide bonds. The Morgan fingerprint density at radius 3 is 2.47 bits per heavy atom. The van der Waals surface area contributed by atoms with Gasteiger partial charge < -0.3 is 4.90 Å². The molecule has 0 unspecified atom stereocenters. The lowest BCUT2D eigenvalue weighted by Gasteiger charge is -2.17. The van der Waals surface area contributed by atoms with Crippen LogP contribution in [0.1, 0.15) is 5.56 Å². The highest BCUT2D eigenvalue weighted by atomic mass is 35.5. The van der Waals surface area contributed by atoms with Gasteiger partial charge in [-0.15, -0.1) is 11.6 Å². The summed E-state index contributed by atoms with van der Waals surface area (Å²) in [5.74, 6) is -1.16. The average molecular weight is 259 g/mol. The minimum atomic E-state index is -0.553. The van der Waals surface area contributed by atoms with Crippen LogP contribution in [0, 0.1) is 5.82 Å². The first-order chi connectivity index (χ1) is 8.02. The first-order valence-electron chi connectivity index (χ1n) is 4.88. The summed E-state index contributed by atoms with van der Waals surface area (Å²) in [6.45, 7) is 0.279. The quantitative estimate of drug-likeness (QED) is 0.840. The van der Waals surface area contributed by atoms with Crippen molar-refractivity contribution >= 4 is 23.5 Å². The van der Waals surface area contributed by atoms with Gasteiger partial charge in [0.1, 0.15) is 11.7 Å². The molecule has 0 heterocycles. The Morgan fingerprint density at radius 2 is 1.94 bits per heavy atom. The molecule has 0 bridgehead atoms. The first kappa shape index (κ1) is 13.4. The summed E-state index contributed by atoms with van der Waals surface area (Å²) in [6.07, 6.45) is 0.